The second kappa shape index (κ2) is 5.50. The lowest BCUT2D eigenvalue weighted by molar-refractivity contribution is 0.173. The molecule has 0 bridgehead atoms. The maximum atomic E-state index is 9.44. The minimum absolute atomic E-state index is 0.0551. The Hall–Kier alpha value is -1.73. The first-order valence-electron chi connectivity index (χ1n) is 6.50. The van der Waals surface area contributed by atoms with Crippen molar-refractivity contribution >= 4 is 0 Å². The molecule has 0 N–H and O–H groups in total. The molecule has 0 saturated heterocycles. The lowest BCUT2D eigenvalue weighted by Crippen LogP contribution is -2.29. The highest BCUT2D eigenvalue weighted by molar-refractivity contribution is 5.45. The van der Waals surface area contributed by atoms with Crippen LogP contribution in [0.15, 0.2) is 18.2 Å². The molecule has 19 heavy (non-hydrogen) atoms. The van der Waals surface area contributed by atoms with Gasteiger partial charge in [0.05, 0.1) is 18.0 Å². The molecule has 2 atom stereocenters. The summed E-state index contributed by atoms with van der Waals surface area (Å²) in [5, 5.41) is 9.44. The lowest BCUT2D eigenvalue weighted by atomic mass is 9.85. The van der Waals surface area contributed by atoms with E-state index in [-0.39, 0.29) is 18.8 Å². The second-order valence-electron chi connectivity index (χ2n) is 5.42. The molecule has 0 aromatic heterocycles. The van der Waals surface area contributed by atoms with Crippen LogP contribution < -0.4 is 9.47 Å². The maximum absolute atomic E-state index is 9.44. The number of ether oxygens (including phenoxy) is 2. The highest BCUT2D eigenvalue weighted by Gasteiger charge is 2.29. The molecule has 2 rings (SSSR count). The maximum Gasteiger partial charge on any atom is 0.231 e. The molecule has 0 fully saturated rings. The molecule has 4 nitrogen and oxygen atoms in total. The van der Waals surface area contributed by atoms with Gasteiger partial charge in [-0.15, -0.1) is 0 Å². The number of hydrogen-bond acceptors (Lipinski definition) is 4. The molecular formula is C15H20N2O2. The van der Waals surface area contributed by atoms with E-state index in [1.54, 1.807) is 0 Å². The van der Waals surface area contributed by atoms with E-state index in [2.05, 4.69) is 24.8 Å². The van der Waals surface area contributed by atoms with Crippen LogP contribution in [0.5, 0.6) is 11.5 Å². The van der Waals surface area contributed by atoms with Crippen LogP contribution in [0.4, 0.5) is 0 Å². The fourth-order valence-electron chi connectivity index (χ4n) is 2.51. The molecule has 4 heteroatoms. The van der Waals surface area contributed by atoms with E-state index in [1.807, 2.05) is 32.3 Å². The van der Waals surface area contributed by atoms with E-state index in [0.29, 0.717) is 5.92 Å². The van der Waals surface area contributed by atoms with Crippen molar-refractivity contribution in [3.05, 3.63) is 23.8 Å². The highest BCUT2D eigenvalue weighted by Crippen LogP contribution is 2.38. The van der Waals surface area contributed by atoms with Crippen LogP contribution >= 0.6 is 0 Å². The van der Waals surface area contributed by atoms with E-state index >= 15 is 0 Å². The van der Waals surface area contributed by atoms with Gasteiger partial charge in [-0.2, -0.15) is 5.26 Å². The van der Waals surface area contributed by atoms with E-state index in [1.165, 1.54) is 0 Å². The minimum atomic E-state index is -0.0598. The molecule has 1 heterocycles. The largest absolute Gasteiger partial charge is 0.454 e. The molecule has 0 saturated carbocycles. The molecule has 0 spiro atoms. The number of rotatable bonds is 4. The Morgan fingerprint density at radius 1 is 1.21 bits per heavy atom. The van der Waals surface area contributed by atoms with Crippen molar-refractivity contribution in [2.75, 3.05) is 20.9 Å². The minimum Gasteiger partial charge on any atom is -0.454 e. The van der Waals surface area contributed by atoms with Gasteiger partial charge in [0.15, 0.2) is 11.5 Å². The van der Waals surface area contributed by atoms with Crippen molar-refractivity contribution < 1.29 is 9.47 Å². The first-order chi connectivity index (χ1) is 9.04. The lowest BCUT2D eigenvalue weighted by Gasteiger charge is -2.31. The normalized spacial score (nSPS) is 16.5. The van der Waals surface area contributed by atoms with E-state index < -0.39 is 0 Å². The van der Waals surface area contributed by atoms with Gasteiger partial charge < -0.3 is 14.4 Å². The summed E-state index contributed by atoms with van der Waals surface area (Å²) >= 11 is 0. The summed E-state index contributed by atoms with van der Waals surface area (Å²) in [5.41, 5.74) is 1.09. The third-order valence-electron chi connectivity index (χ3n) is 3.50. The predicted octanol–water partition coefficient (Wildman–Crippen LogP) is 2.81. The number of fused-ring (bicyclic) bond motifs is 1. The van der Waals surface area contributed by atoms with Gasteiger partial charge in [0, 0.05) is 0 Å². The van der Waals surface area contributed by atoms with E-state index in [0.717, 1.165) is 17.1 Å². The van der Waals surface area contributed by atoms with Gasteiger partial charge in [0.1, 0.15) is 0 Å². The van der Waals surface area contributed by atoms with Crippen LogP contribution in [-0.4, -0.2) is 25.8 Å². The van der Waals surface area contributed by atoms with Crippen LogP contribution in [0, 0.1) is 23.2 Å². The molecule has 1 aliphatic heterocycles. The van der Waals surface area contributed by atoms with Gasteiger partial charge >= 0.3 is 0 Å². The molecule has 102 valence electrons. The van der Waals surface area contributed by atoms with Gasteiger partial charge in [-0.3, -0.25) is 0 Å². The van der Waals surface area contributed by atoms with Crippen molar-refractivity contribution in [3.63, 3.8) is 0 Å². The fraction of sp³-hybridized carbons (Fsp3) is 0.533. The molecule has 1 aliphatic rings. The Morgan fingerprint density at radius 3 is 2.47 bits per heavy atom. The van der Waals surface area contributed by atoms with Gasteiger partial charge in [-0.05, 0) is 37.7 Å². The van der Waals surface area contributed by atoms with Crippen LogP contribution in [0.25, 0.3) is 0 Å². The van der Waals surface area contributed by atoms with Crippen molar-refractivity contribution in [1.82, 2.24) is 4.90 Å². The molecule has 0 aliphatic carbocycles. The number of hydrogen-bond donors (Lipinski definition) is 0. The molecular weight excluding hydrogens is 240 g/mol. The van der Waals surface area contributed by atoms with Crippen molar-refractivity contribution in [3.8, 4) is 17.6 Å². The Bertz CT molecular complexity index is 491. The van der Waals surface area contributed by atoms with Crippen LogP contribution in [-0.2, 0) is 0 Å². The third-order valence-corrected chi connectivity index (χ3v) is 3.50. The van der Waals surface area contributed by atoms with E-state index in [4.69, 9.17) is 9.47 Å². The quantitative estimate of drug-likeness (QED) is 0.835. The summed E-state index contributed by atoms with van der Waals surface area (Å²) < 4.78 is 10.7. The van der Waals surface area contributed by atoms with Crippen LogP contribution in [0.1, 0.15) is 25.5 Å². The monoisotopic (exact) mass is 260 g/mol. The predicted molar refractivity (Wildman–Crippen MR) is 72.9 cm³/mol. The summed E-state index contributed by atoms with van der Waals surface area (Å²) in [6.45, 7) is 4.44. The number of nitrogens with zero attached hydrogens (tertiary/aromatic N) is 2. The topological polar surface area (TPSA) is 45.5 Å². The zero-order chi connectivity index (χ0) is 14.0. The van der Waals surface area contributed by atoms with Crippen molar-refractivity contribution in [2.45, 2.75) is 19.9 Å². The van der Waals surface area contributed by atoms with Crippen molar-refractivity contribution in [2.24, 2.45) is 11.8 Å². The Kier molecular flexibility index (Phi) is 3.96. The van der Waals surface area contributed by atoms with Crippen molar-refractivity contribution in [1.29, 1.82) is 5.26 Å². The van der Waals surface area contributed by atoms with Gasteiger partial charge in [0.25, 0.3) is 0 Å². The number of nitriles is 1. The van der Waals surface area contributed by atoms with Gasteiger partial charge in [-0.1, -0.05) is 19.9 Å². The van der Waals surface area contributed by atoms with Crippen LogP contribution in [0.3, 0.4) is 0 Å². The molecule has 2 unspecified atom stereocenters. The Balaban J connectivity index is 2.37. The second-order valence-corrected chi connectivity index (χ2v) is 5.42. The Labute approximate surface area is 114 Å². The summed E-state index contributed by atoms with van der Waals surface area (Å²) in [7, 11) is 4.00. The first kappa shape index (κ1) is 13.7. The summed E-state index contributed by atoms with van der Waals surface area (Å²) in [5.74, 6) is 1.78. The molecule has 1 aromatic carbocycles. The zero-order valence-electron chi connectivity index (χ0n) is 11.9. The third kappa shape index (κ3) is 2.66. The van der Waals surface area contributed by atoms with Gasteiger partial charge in [-0.25, -0.2) is 0 Å². The standard InChI is InChI=1S/C15H20N2O2/c1-10(2)12(8-16)15(17(3)4)11-5-6-13-14(7-11)19-9-18-13/h5-7,10,12,15H,9H2,1-4H3. The summed E-state index contributed by atoms with van der Waals surface area (Å²) in [4.78, 5) is 2.09. The van der Waals surface area contributed by atoms with Crippen LogP contribution in [0.2, 0.25) is 0 Å². The zero-order valence-corrected chi connectivity index (χ0v) is 11.9. The summed E-state index contributed by atoms with van der Waals surface area (Å²) in [6, 6.07) is 8.41. The van der Waals surface area contributed by atoms with E-state index in [9.17, 15) is 5.26 Å². The molecule has 0 radical (unpaired) electrons. The summed E-state index contributed by atoms with van der Waals surface area (Å²) in [6.07, 6.45) is 0. The number of benzene rings is 1. The highest BCUT2D eigenvalue weighted by atomic mass is 16.7. The first-order valence-corrected chi connectivity index (χ1v) is 6.50. The average molecular weight is 260 g/mol. The molecule has 1 aromatic rings. The Morgan fingerprint density at radius 2 is 1.89 bits per heavy atom. The average Bonchev–Trinajstić information content (AvgIpc) is 2.81. The van der Waals surface area contributed by atoms with Gasteiger partial charge in [0.2, 0.25) is 6.79 Å². The fourth-order valence-corrected chi connectivity index (χ4v) is 2.51. The SMILES string of the molecule is CC(C)C(C#N)C(c1ccc2c(c1)OCO2)N(C)C. The smallest absolute Gasteiger partial charge is 0.231 e. The molecule has 0 amide bonds.